The molecule has 0 spiro atoms. The van der Waals surface area contributed by atoms with Crippen molar-refractivity contribution in [3.8, 4) is 11.5 Å². The van der Waals surface area contributed by atoms with Gasteiger partial charge in [0, 0.05) is 25.8 Å². The monoisotopic (exact) mass is 526 g/mol. The molecule has 0 aliphatic carbocycles. The molecule has 1 fully saturated rings. The smallest absolute Gasteiger partial charge is 0.329 e. The summed E-state index contributed by atoms with van der Waals surface area (Å²) in [5.41, 5.74) is 1.04. The maximum absolute atomic E-state index is 13.2. The van der Waals surface area contributed by atoms with Crippen LogP contribution in [0.25, 0.3) is 0 Å². The number of benzene rings is 1. The number of esters is 2. The molecule has 2 aromatic rings. The molecule has 206 valence electrons. The Kier molecular flexibility index (Phi) is 10.6. The van der Waals surface area contributed by atoms with Gasteiger partial charge in [-0.25, -0.2) is 9.78 Å². The van der Waals surface area contributed by atoms with Gasteiger partial charge in [0.1, 0.15) is 12.1 Å². The standard InChI is InChI=1S/C29H38N2O7/c1-18(2)17-36-26-19(3)37-29(34)23(13-9-12-22(26)16-21-10-7-6-8-11-21)31-28(33)25-27(38-20(4)32)24(35-5)14-15-30-25/h6-8,10-11,14-15,18-19,22-23,26H,9,12-13,16-17H2,1-5H3,(H,31,33)/t19-,22+,23-,26-/m0/s1. The Morgan fingerprint density at radius 1 is 1.16 bits per heavy atom. The van der Waals surface area contributed by atoms with Gasteiger partial charge in [-0.05, 0) is 43.6 Å². The molecule has 1 N–H and O–H groups in total. The van der Waals surface area contributed by atoms with Gasteiger partial charge in [-0.2, -0.15) is 0 Å². The normalized spacial score (nSPS) is 22.0. The van der Waals surface area contributed by atoms with Crippen molar-refractivity contribution in [3.05, 3.63) is 53.9 Å². The Morgan fingerprint density at radius 2 is 1.89 bits per heavy atom. The van der Waals surface area contributed by atoms with Crippen LogP contribution in [-0.4, -0.2) is 54.8 Å². The maximum atomic E-state index is 13.2. The molecule has 0 unspecified atom stereocenters. The molecule has 1 amide bonds. The highest BCUT2D eigenvalue weighted by Gasteiger charge is 2.35. The van der Waals surface area contributed by atoms with Gasteiger partial charge in [0.25, 0.3) is 5.91 Å². The first-order valence-electron chi connectivity index (χ1n) is 13.1. The summed E-state index contributed by atoms with van der Waals surface area (Å²) in [7, 11) is 1.39. The number of carbonyl (C=O) groups excluding carboxylic acids is 3. The Bertz CT molecular complexity index is 1090. The van der Waals surface area contributed by atoms with Crippen LogP contribution in [0.5, 0.6) is 11.5 Å². The van der Waals surface area contributed by atoms with E-state index in [9.17, 15) is 14.4 Å². The molecular weight excluding hydrogens is 488 g/mol. The highest BCUT2D eigenvalue weighted by atomic mass is 16.6. The van der Waals surface area contributed by atoms with Gasteiger partial charge >= 0.3 is 11.9 Å². The van der Waals surface area contributed by atoms with E-state index in [0.717, 1.165) is 12.8 Å². The topological polar surface area (TPSA) is 113 Å². The van der Waals surface area contributed by atoms with Crippen LogP contribution in [-0.2, 0) is 25.5 Å². The molecule has 3 rings (SSSR count). The van der Waals surface area contributed by atoms with E-state index in [-0.39, 0.29) is 29.2 Å². The van der Waals surface area contributed by atoms with E-state index in [1.165, 1.54) is 31.9 Å². The summed E-state index contributed by atoms with van der Waals surface area (Å²) in [6.07, 6.45) is 3.21. The first-order chi connectivity index (χ1) is 18.2. The number of pyridine rings is 1. The van der Waals surface area contributed by atoms with Gasteiger partial charge in [-0.1, -0.05) is 50.6 Å². The number of nitrogens with one attached hydrogen (secondary N) is 1. The Balaban J connectivity index is 1.81. The van der Waals surface area contributed by atoms with Crippen LogP contribution in [0.15, 0.2) is 42.6 Å². The average Bonchev–Trinajstić information content (AvgIpc) is 2.92. The van der Waals surface area contributed by atoms with E-state index in [0.29, 0.717) is 25.4 Å². The number of ether oxygens (including phenoxy) is 4. The summed E-state index contributed by atoms with van der Waals surface area (Å²) in [4.78, 5) is 42.1. The lowest BCUT2D eigenvalue weighted by Gasteiger charge is -2.32. The zero-order valence-electron chi connectivity index (χ0n) is 22.8. The number of hydrogen-bond donors (Lipinski definition) is 1. The van der Waals surface area contributed by atoms with Crippen LogP contribution in [0.2, 0.25) is 0 Å². The van der Waals surface area contributed by atoms with Crippen molar-refractivity contribution in [1.82, 2.24) is 10.3 Å². The second-order valence-electron chi connectivity index (χ2n) is 10.0. The molecule has 4 atom stereocenters. The predicted molar refractivity (Wildman–Crippen MR) is 141 cm³/mol. The minimum Gasteiger partial charge on any atom is -0.493 e. The Labute approximate surface area is 224 Å². The third-order valence-corrected chi connectivity index (χ3v) is 6.40. The lowest BCUT2D eigenvalue weighted by atomic mass is 9.86. The van der Waals surface area contributed by atoms with Crippen molar-refractivity contribution >= 4 is 17.8 Å². The molecule has 0 saturated carbocycles. The fourth-order valence-corrected chi connectivity index (χ4v) is 4.65. The number of cyclic esters (lactones) is 1. The van der Waals surface area contributed by atoms with Crippen LogP contribution >= 0.6 is 0 Å². The van der Waals surface area contributed by atoms with E-state index in [1.54, 1.807) is 0 Å². The van der Waals surface area contributed by atoms with E-state index in [1.807, 2.05) is 25.1 Å². The zero-order valence-corrected chi connectivity index (χ0v) is 22.8. The molecule has 0 bridgehead atoms. The minimum atomic E-state index is -0.899. The van der Waals surface area contributed by atoms with Gasteiger partial charge < -0.3 is 24.3 Å². The number of carbonyl (C=O) groups is 3. The van der Waals surface area contributed by atoms with Crippen molar-refractivity contribution in [2.75, 3.05) is 13.7 Å². The van der Waals surface area contributed by atoms with Crippen molar-refractivity contribution in [2.45, 2.75) is 71.6 Å². The molecule has 9 heteroatoms. The quantitative estimate of drug-likeness (QED) is 0.486. The van der Waals surface area contributed by atoms with Gasteiger partial charge in [-0.3, -0.25) is 9.59 Å². The molecule has 1 saturated heterocycles. The zero-order chi connectivity index (χ0) is 27.7. The molecule has 1 aromatic heterocycles. The predicted octanol–water partition coefficient (Wildman–Crippen LogP) is 4.13. The number of amides is 1. The second-order valence-corrected chi connectivity index (χ2v) is 10.0. The van der Waals surface area contributed by atoms with E-state index >= 15 is 0 Å². The first kappa shape index (κ1) is 29.1. The molecule has 1 aromatic carbocycles. The number of rotatable bonds is 9. The highest BCUT2D eigenvalue weighted by Crippen LogP contribution is 2.31. The van der Waals surface area contributed by atoms with Gasteiger partial charge in [0.05, 0.1) is 13.2 Å². The summed E-state index contributed by atoms with van der Waals surface area (Å²) in [5.74, 6) is -1.29. The summed E-state index contributed by atoms with van der Waals surface area (Å²) >= 11 is 0. The number of methoxy groups -OCH3 is 1. The fraction of sp³-hybridized carbons (Fsp3) is 0.517. The molecular formula is C29H38N2O7. The van der Waals surface area contributed by atoms with Crippen LogP contribution < -0.4 is 14.8 Å². The van der Waals surface area contributed by atoms with E-state index < -0.39 is 30.0 Å². The lowest BCUT2D eigenvalue weighted by molar-refractivity contribution is -0.161. The van der Waals surface area contributed by atoms with E-state index in [4.69, 9.17) is 18.9 Å². The largest absolute Gasteiger partial charge is 0.493 e. The molecule has 1 aliphatic heterocycles. The molecule has 2 heterocycles. The van der Waals surface area contributed by atoms with Gasteiger partial charge in [-0.15, -0.1) is 0 Å². The third-order valence-electron chi connectivity index (χ3n) is 6.40. The van der Waals surface area contributed by atoms with E-state index in [2.05, 4.69) is 36.3 Å². The van der Waals surface area contributed by atoms with Gasteiger partial charge in [0.15, 0.2) is 11.4 Å². The molecule has 9 nitrogen and oxygen atoms in total. The summed E-state index contributed by atoms with van der Waals surface area (Å²) < 4.78 is 22.6. The number of hydrogen-bond acceptors (Lipinski definition) is 8. The van der Waals surface area contributed by atoms with Crippen molar-refractivity contribution < 1.29 is 33.3 Å². The van der Waals surface area contributed by atoms with Crippen LogP contribution in [0, 0.1) is 11.8 Å². The summed E-state index contributed by atoms with van der Waals surface area (Å²) in [6.45, 7) is 7.78. The van der Waals surface area contributed by atoms with Crippen LogP contribution in [0.1, 0.15) is 63.0 Å². The second kappa shape index (κ2) is 13.9. The first-order valence-corrected chi connectivity index (χ1v) is 13.1. The Morgan fingerprint density at radius 3 is 2.55 bits per heavy atom. The number of nitrogens with zero attached hydrogens (tertiary/aromatic N) is 1. The Hall–Kier alpha value is -3.46. The average molecular weight is 527 g/mol. The minimum absolute atomic E-state index is 0.102. The van der Waals surface area contributed by atoms with Crippen LogP contribution in [0.3, 0.4) is 0 Å². The summed E-state index contributed by atoms with van der Waals surface area (Å²) in [5, 5.41) is 2.73. The van der Waals surface area contributed by atoms with Crippen molar-refractivity contribution in [3.63, 3.8) is 0 Å². The maximum Gasteiger partial charge on any atom is 0.329 e. The molecule has 38 heavy (non-hydrogen) atoms. The molecule has 1 aliphatic rings. The van der Waals surface area contributed by atoms with Gasteiger partial charge in [0.2, 0.25) is 5.75 Å². The molecule has 0 radical (unpaired) electrons. The number of aromatic nitrogens is 1. The third kappa shape index (κ3) is 8.02. The van der Waals surface area contributed by atoms with Crippen LogP contribution in [0.4, 0.5) is 0 Å². The lowest BCUT2D eigenvalue weighted by Crippen LogP contribution is -2.45. The summed E-state index contributed by atoms with van der Waals surface area (Å²) in [6, 6.07) is 10.8. The highest BCUT2D eigenvalue weighted by molar-refractivity contribution is 5.98. The SMILES string of the molecule is COc1ccnc(C(=O)N[C@H]2CCC[C@H](Cc3ccccc3)[C@@H](OCC(C)C)[C@H](C)OC2=O)c1OC(C)=O. The van der Waals surface area contributed by atoms with Crippen molar-refractivity contribution in [1.29, 1.82) is 0 Å². The fourth-order valence-electron chi connectivity index (χ4n) is 4.65. The van der Waals surface area contributed by atoms with Crippen molar-refractivity contribution in [2.24, 2.45) is 11.8 Å².